The molecule has 0 aromatic carbocycles. The van der Waals surface area contributed by atoms with Gasteiger partial charge in [-0.05, 0) is 18.6 Å². The number of aromatic nitrogens is 2. The topological polar surface area (TPSA) is 66.2 Å². The van der Waals surface area contributed by atoms with Crippen LogP contribution >= 0.6 is 0 Å². The van der Waals surface area contributed by atoms with Crippen LogP contribution in [-0.2, 0) is 6.54 Å². The first-order valence-corrected chi connectivity index (χ1v) is 4.89. The van der Waals surface area contributed by atoms with Gasteiger partial charge in [-0.2, -0.15) is 4.98 Å². The minimum atomic E-state index is 0.588. The van der Waals surface area contributed by atoms with E-state index in [1.54, 1.807) is 6.26 Å². The molecule has 3 heterocycles. The van der Waals surface area contributed by atoms with E-state index in [0.717, 1.165) is 13.0 Å². The van der Waals surface area contributed by atoms with E-state index >= 15 is 0 Å². The lowest BCUT2D eigenvalue weighted by Crippen LogP contribution is -2.15. The maximum absolute atomic E-state index is 5.98. The number of nitrogens with zero attached hydrogens (tertiary/aromatic N) is 2. The van der Waals surface area contributed by atoms with Gasteiger partial charge in [-0.15, -0.1) is 0 Å². The number of hydrogen-bond acceptors (Lipinski definition) is 4. The maximum atomic E-state index is 5.98. The summed E-state index contributed by atoms with van der Waals surface area (Å²) < 4.78 is 12.6. The standard InChI is InChI=1S/C10H11N3O2/c11-9-8(7-3-1-5-14-7)12-10-13(9)4-2-6-15-10/h1,3,5H,2,4,6,11H2. The van der Waals surface area contributed by atoms with E-state index in [0.29, 0.717) is 29.9 Å². The number of rotatable bonds is 1. The molecular weight excluding hydrogens is 194 g/mol. The van der Waals surface area contributed by atoms with Crippen LogP contribution in [-0.4, -0.2) is 16.2 Å². The van der Waals surface area contributed by atoms with Crippen molar-refractivity contribution >= 4 is 5.82 Å². The Balaban J connectivity index is 2.13. The van der Waals surface area contributed by atoms with Crippen molar-refractivity contribution in [3.63, 3.8) is 0 Å². The Kier molecular flexibility index (Phi) is 1.71. The predicted octanol–water partition coefficient (Wildman–Crippen LogP) is 1.51. The van der Waals surface area contributed by atoms with Crippen molar-refractivity contribution in [1.29, 1.82) is 0 Å². The van der Waals surface area contributed by atoms with E-state index < -0.39 is 0 Å². The number of hydrogen-bond donors (Lipinski definition) is 1. The van der Waals surface area contributed by atoms with Crippen molar-refractivity contribution in [1.82, 2.24) is 9.55 Å². The normalized spacial score (nSPS) is 14.7. The zero-order chi connectivity index (χ0) is 10.3. The van der Waals surface area contributed by atoms with Gasteiger partial charge < -0.3 is 14.9 Å². The largest absolute Gasteiger partial charge is 0.465 e. The number of anilines is 1. The highest BCUT2D eigenvalue weighted by molar-refractivity contribution is 5.67. The summed E-state index contributed by atoms with van der Waals surface area (Å²) in [4.78, 5) is 4.31. The lowest BCUT2D eigenvalue weighted by molar-refractivity contribution is 0.232. The number of furan rings is 1. The summed E-state index contributed by atoms with van der Waals surface area (Å²) in [5, 5.41) is 0. The molecule has 5 heteroatoms. The number of nitrogens with two attached hydrogens (primary N) is 1. The van der Waals surface area contributed by atoms with Crippen molar-refractivity contribution < 1.29 is 9.15 Å². The van der Waals surface area contributed by atoms with Crippen LogP contribution in [0.25, 0.3) is 11.5 Å². The summed E-state index contributed by atoms with van der Waals surface area (Å²) in [7, 11) is 0. The van der Waals surface area contributed by atoms with Crippen LogP contribution < -0.4 is 10.5 Å². The third-order valence-electron chi connectivity index (χ3n) is 2.48. The Hall–Kier alpha value is -1.91. The smallest absolute Gasteiger partial charge is 0.298 e. The van der Waals surface area contributed by atoms with Gasteiger partial charge in [0, 0.05) is 6.54 Å². The highest BCUT2D eigenvalue weighted by Gasteiger charge is 2.21. The molecule has 0 radical (unpaired) electrons. The number of ether oxygens (including phenoxy) is 1. The van der Waals surface area contributed by atoms with Gasteiger partial charge >= 0.3 is 0 Å². The van der Waals surface area contributed by atoms with Gasteiger partial charge in [0.1, 0.15) is 5.82 Å². The summed E-state index contributed by atoms with van der Waals surface area (Å²) in [5.41, 5.74) is 6.64. The summed E-state index contributed by atoms with van der Waals surface area (Å²) >= 11 is 0. The number of imidazole rings is 1. The predicted molar refractivity (Wildman–Crippen MR) is 54.5 cm³/mol. The molecule has 0 spiro atoms. The lowest BCUT2D eigenvalue weighted by Gasteiger charge is -2.14. The minimum absolute atomic E-state index is 0.588. The second-order valence-electron chi connectivity index (χ2n) is 3.46. The summed E-state index contributed by atoms with van der Waals surface area (Å²) in [6.07, 6.45) is 2.57. The molecule has 0 unspecified atom stereocenters. The Bertz CT molecular complexity index is 473. The number of nitrogen functional groups attached to an aromatic ring is 1. The Morgan fingerprint density at radius 1 is 1.47 bits per heavy atom. The molecule has 5 nitrogen and oxygen atoms in total. The zero-order valence-electron chi connectivity index (χ0n) is 8.14. The first-order chi connectivity index (χ1) is 7.36. The number of fused-ring (bicyclic) bond motifs is 1. The molecule has 2 aromatic rings. The molecule has 1 aliphatic heterocycles. The van der Waals surface area contributed by atoms with Gasteiger partial charge in [0.2, 0.25) is 0 Å². The van der Waals surface area contributed by atoms with Gasteiger partial charge in [0.25, 0.3) is 6.01 Å². The van der Waals surface area contributed by atoms with Crippen molar-refractivity contribution in [3.8, 4) is 17.5 Å². The molecule has 0 bridgehead atoms. The van der Waals surface area contributed by atoms with Crippen LogP contribution in [0.3, 0.4) is 0 Å². The molecule has 2 N–H and O–H groups in total. The molecule has 1 aliphatic rings. The second kappa shape index (κ2) is 3.05. The van der Waals surface area contributed by atoms with Crippen LogP contribution in [0.5, 0.6) is 6.01 Å². The molecule has 0 amide bonds. The molecule has 0 aliphatic carbocycles. The van der Waals surface area contributed by atoms with Gasteiger partial charge in [0.05, 0.1) is 12.9 Å². The van der Waals surface area contributed by atoms with Crippen molar-refractivity contribution in [2.45, 2.75) is 13.0 Å². The molecule has 0 saturated carbocycles. The quantitative estimate of drug-likeness (QED) is 0.766. The van der Waals surface area contributed by atoms with Gasteiger partial charge in [-0.25, -0.2) is 0 Å². The van der Waals surface area contributed by atoms with Gasteiger partial charge in [0.15, 0.2) is 11.5 Å². The zero-order valence-corrected chi connectivity index (χ0v) is 8.14. The molecular formula is C10H11N3O2. The minimum Gasteiger partial charge on any atom is -0.465 e. The van der Waals surface area contributed by atoms with Crippen LogP contribution in [0.4, 0.5) is 5.82 Å². The fourth-order valence-electron chi connectivity index (χ4n) is 1.75. The monoisotopic (exact) mass is 205 g/mol. The Morgan fingerprint density at radius 3 is 3.13 bits per heavy atom. The van der Waals surface area contributed by atoms with Crippen LogP contribution in [0.15, 0.2) is 22.8 Å². The van der Waals surface area contributed by atoms with E-state index in [-0.39, 0.29) is 0 Å². The summed E-state index contributed by atoms with van der Waals surface area (Å²) in [5.74, 6) is 1.29. The van der Waals surface area contributed by atoms with E-state index in [1.807, 2.05) is 16.7 Å². The average molecular weight is 205 g/mol. The highest BCUT2D eigenvalue weighted by atomic mass is 16.5. The van der Waals surface area contributed by atoms with Crippen LogP contribution in [0.1, 0.15) is 6.42 Å². The Morgan fingerprint density at radius 2 is 2.40 bits per heavy atom. The molecule has 0 fully saturated rings. The van der Waals surface area contributed by atoms with Gasteiger partial charge in [-0.1, -0.05) is 0 Å². The van der Waals surface area contributed by atoms with E-state index in [4.69, 9.17) is 14.9 Å². The first-order valence-electron chi connectivity index (χ1n) is 4.89. The average Bonchev–Trinajstić information content (AvgIpc) is 2.87. The van der Waals surface area contributed by atoms with Crippen molar-refractivity contribution in [3.05, 3.63) is 18.4 Å². The fourth-order valence-corrected chi connectivity index (χ4v) is 1.75. The van der Waals surface area contributed by atoms with Crippen molar-refractivity contribution in [2.75, 3.05) is 12.3 Å². The summed E-state index contributed by atoms with van der Waals surface area (Å²) in [6, 6.07) is 4.24. The Labute approximate surface area is 86.5 Å². The third-order valence-corrected chi connectivity index (χ3v) is 2.48. The van der Waals surface area contributed by atoms with Crippen LogP contribution in [0, 0.1) is 0 Å². The highest BCUT2D eigenvalue weighted by Crippen LogP contribution is 2.31. The first kappa shape index (κ1) is 8.40. The van der Waals surface area contributed by atoms with E-state index in [2.05, 4.69) is 4.98 Å². The molecule has 0 atom stereocenters. The van der Waals surface area contributed by atoms with Crippen molar-refractivity contribution in [2.24, 2.45) is 0 Å². The lowest BCUT2D eigenvalue weighted by atomic mass is 10.3. The van der Waals surface area contributed by atoms with Crippen LogP contribution in [0.2, 0.25) is 0 Å². The molecule has 78 valence electrons. The molecule has 15 heavy (non-hydrogen) atoms. The summed E-state index contributed by atoms with van der Waals surface area (Å²) in [6.45, 7) is 1.56. The van der Waals surface area contributed by atoms with E-state index in [9.17, 15) is 0 Å². The molecule has 0 saturated heterocycles. The van der Waals surface area contributed by atoms with Gasteiger partial charge in [-0.3, -0.25) is 4.57 Å². The van der Waals surface area contributed by atoms with E-state index in [1.165, 1.54) is 0 Å². The maximum Gasteiger partial charge on any atom is 0.298 e. The third kappa shape index (κ3) is 1.20. The molecule has 3 rings (SSSR count). The second-order valence-corrected chi connectivity index (χ2v) is 3.46. The molecule has 2 aromatic heterocycles. The SMILES string of the molecule is Nc1c(-c2ccco2)nc2n1CCCO2. The fraction of sp³-hybridized carbons (Fsp3) is 0.300.